The summed E-state index contributed by atoms with van der Waals surface area (Å²) in [6.45, 7) is 8.33. The quantitative estimate of drug-likeness (QED) is 0.377. The van der Waals surface area contributed by atoms with E-state index >= 15 is 0 Å². The first-order chi connectivity index (χ1) is 14.4. The number of aryl methyl sites for hydroxylation is 1. The Labute approximate surface area is 180 Å². The Kier molecular flexibility index (Phi) is 6.79. The van der Waals surface area contributed by atoms with Gasteiger partial charge in [-0.15, -0.1) is 6.58 Å². The number of carbonyl (C=O) groups is 2. The SMILES string of the molecule is C=CCN1C(=O)N/C(=C/c2cc(Cl)c(OCc3cccc(C)c3)c(OCC)c2)C1=O. The predicted molar refractivity (Wildman–Crippen MR) is 117 cm³/mol. The highest BCUT2D eigenvalue weighted by Crippen LogP contribution is 2.38. The lowest BCUT2D eigenvalue weighted by atomic mass is 10.1. The number of rotatable bonds is 8. The molecular weight excluding hydrogens is 404 g/mol. The number of carbonyl (C=O) groups excluding carboxylic acids is 2. The van der Waals surface area contributed by atoms with Crippen LogP contribution in [0.1, 0.15) is 23.6 Å². The van der Waals surface area contributed by atoms with Crippen LogP contribution in [0.2, 0.25) is 5.02 Å². The fourth-order valence-electron chi connectivity index (χ4n) is 3.06. The van der Waals surface area contributed by atoms with E-state index in [0.717, 1.165) is 16.0 Å². The van der Waals surface area contributed by atoms with E-state index in [4.69, 9.17) is 21.1 Å². The number of hydrogen-bond donors (Lipinski definition) is 1. The Morgan fingerprint density at radius 3 is 2.70 bits per heavy atom. The van der Waals surface area contributed by atoms with Crippen molar-refractivity contribution >= 4 is 29.6 Å². The number of ether oxygens (including phenoxy) is 2. The maximum atomic E-state index is 12.4. The topological polar surface area (TPSA) is 67.9 Å². The van der Waals surface area contributed by atoms with Crippen molar-refractivity contribution in [3.05, 3.63) is 76.5 Å². The van der Waals surface area contributed by atoms with Gasteiger partial charge in [-0.05, 0) is 43.2 Å². The van der Waals surface area contributed by atoms with Crippen LogP contribution in [0.5, 0.6) is 11.5 Å². The molecule has 1 aliphatic heterocycles. The summed E-state index contributed by atoms with van der Waals surface area (Å²) in [6.07, 6.45) is 3.05. The Hall–Kier alpha value is -3.25. The zero-order chi connectivity index (χ0) is 21.7. The van der Waals surface area contributed by atoms with Gasteiger partial charge < -0.3 is 14.8 Å². The van der Waals surface area contributed by atoms with Gasteiger partial charge in [0, 0.05) is 6.54 Å². The van der Waals surface area contributed by atoms with Gasteiger partial charge in [-0.2, -0.15) is 0 Å². The smallest absolute Gasteiger partial charge is 0.329 e. The van der Waals surface area contributed by atoms with Gasteiger partial charge in [0.2, 0.25) is 0 Å². The molecule has 1 aliphatic rings. The molecule has 1 saturated heterocycles. The van der Waals surface area contributed by atoms with Crippen molar-refractivity contribution < 1.29 is 19.1 Å². The molecule has 2 aromatic carbocycles. The molecule has 0 unspecified atom stereocenters. The fourth-order valence-corrected chi connectivity index (χ4v) is 3.34. The highest BCUT2D eigenvalue weighted by Gasteiger charge is 2.32. The molecule has 3 amide bonds. The van der Waals surface area contributed by atoms with E-state index in [1.807, 2.05) is 38.1 Å². The van der Waals surface area contributed by atoms with Crippen LogP contribution in [-0.2, 0) is 11.4 Å². The number of nitrogens with one attached hydrogen (secondary N) is 1. The van der Waals surface area contributed by atoms with E-state index in [2.05, 4.69) is 11.9 Å². The zero-order valence-electron chi connectivity index (χ0n) is 16.9. The number of amides is 3. The molecule has 1 fully saturated rings. The second-order valence-corrected chi connectivity index (χ2v) is 7.14. The summed E-state index contributed by atoms with van der Waals surface area (Å²) in [6, 6.07) is 10.9. The number of imide groups is 1. The van der Waals surface area contributed by atoms with Gasteiger partial charge in [-0.3, -0.25) is 9.69 Å². The fraction of sp³-hybridized carbons (Fsp3) is 0.217. The Balaban J connectivity index is 1.87. The minimum absolute atomic E-state index is 0.138. The van der Waals surface area contributed by atoms with Crippen molar-refractivity contribution in [2.45, 2.75) is 20.5 Å². The lowest BCUT2D eigenvalue weighted by Crippen LogP contribution is -2.30. The predicted octanol–water partition coefficient (Wildman–Crippen LogP) is 4.70. The first-order valence-corrected chi connectivity index (χ1v) is 9.90. The molecule has 156 valence electrons. The molecule has 0 bridgehead atoms. The summed E-state index contributed by atoms with van der Waals surface area (Å²) in [5.74, 6) is 0.468. The molecule has 0 aromatic heterocycles. The molecule has 6 nitrogen and oxygen atoms in total. The van der Waals surface area contributed by atoms with Crippen molar-refractivity contribution in [3.63, 3.8) is 0 Å². The number of urea groups is 1. The molecule has 7 heteroatoms. The van der Waals surface area contributed by atoms with E-state index in [1.165, 1.54) is 6.08 Å². The van der Waals surface area contributed by atoms with Crippen LogP contribution in [-0.4, -0.2) is 30.0 Å². The largest absolute Gasteiger partial charge is 0.490 e. The van der Waals surface area contributed by atoms with Crippen molar-refractivity contribution in [1.29, 1.82) is 0 Å². The standard InChI is InChI=1S/C23H23ClN2O4/c1-4-9-26-22(27)19(25-23(26)28)12-17-11-18(24)21(20(13-17)29-5-2)30-14-16-8-6-7-15(3)10-16/h4,6-8,10-13H,1,5,9,14H2,2-3H3,(H,25,28)/b19-12+. The molecule has 0 spiro atoms. The van der Waals surface area contributed by atoms with Gasteiger partial charge in [-0.1, -0.05) is 47.5 Å². The molecule has 0 radical (unpaired) electrons. The molecule has 0 atom stereocenters. The first kappa shape index (κ1) is 21.5. The average molecular weight is 427 g/mol. The van der Waals surface area contributed by atoms with Gasteiger partial charge in [0.1, 0.15) is 12.3 Å². The normalized spacial score (nSPS) is 14.8. The molecule has 0 saturated carbocycles. The molecule has 2 aromatic rings. The maximum Gasteiger partial charge on any atom is 0.329 e. The summed E-state index contributed by atoms with van der Waals surface area (Å²) in [5.41, 5.74) is 2.92. The third-order valence-corrected chi connectivity index (χ3v) is 4.66. The highest BCUT2D eigenvalue weighted by molar-refractivity contribution is 6.32. The van der Waals surface area contributed by atoms with Gasteiger partial charge >= 0.3 is 6.03 Å². The van der Waals surface area contributed by atoms with Crippen molar-refractivity contribution in [1.82, 2.24) is 10.2 Å². The Morgan fingerprint density at radius 2 is 2.00 bits per heavy atom. The minimum atomic E-state index is -0.486. The number of halogens is 1. The summed E-state index contributed by atoms with van der Waals surface area (Å²) < 4.78 is 11.6. The third kappa shape index (κ3) is 4.83. The second-order valence-electron chi connectivity index (χ2n) is 6.73. The van der Waals surface area contributed by atoms with E-state index in [0.29, 0.717) is 35.3 Å². The number of benzene rings is 2. The summed E-state index contributed by atoms with van der Waals surface area (Å²) >= 11 is 6.47. The van der Waals surface area contributed by atoms with Gasteiger partial charge in [0.15, 0.2) is 11.5 Å². The third-order valence-electron chi connectivity index (χ3n) is 4.38. The van der Waals surface area contributed by atoms with E-state index < -0.39 is 11.9 Å². The van der Waals surface area contributed by atoms with Gasteiger partial charge in [-0.25, -0.2) is 4.79 Å². The molecular formula is C23H23ClN2O4. The Morgan fingerprint density at radius 1 is 1.20 bits per heavy atom. The second kappa shape index (κ2) is 9.50. The summed E-state index contributed by atoms with van der Waals surface area (Å²) in [7, 11) is 0. The molecule has 1 N–H and O–H groups in total. The monoisotopic (exact) mass is 426 g/mol. The summed E-state index contributed by atoms with van der Waals surface area (Å²) in [5, 5.41) is 2.91. The number of hydrogen-bond acceptors (Lipinski definition) is 4. The number of nitrogens with zero attached hydrogens (tertiary/aromatic N) is 1. The van der Waals surface area contributed by atoms with Gasteiger partial charge in [0.25, 0.3) is 5.91 Å². The van der Waals surface area contributed by atoms with Crippen molar-refractivity contribution in [3.8, 4) is 11.5 Å². The van der Waals surface area contributed by atoms with E-state index in [9.17, 15) is 9.59 Å². The Bertz CT molecular complexity index is 1020. The van der Waals surface area contributed by atoms with Crippen molar-refractivity contribution in [2.75, 3.05) is 13.2 Å². The lowest BCUT2D eigenvalue weighted by Gasteiger charge is -2.15. The minimum Gasteiger partial charge on any atom is -0.490 e. The van der Waals surface area contributed by atoms with Crippen LogP contribution in [0, 0.1) is 6.92 Å². The zero-order valence-corrected chi connectivity index (χ0v) is 17.7. The van der Waals surface area contributed by atoms with Crippen LogP contribution in [0.15, 0.2) is 54.8 Å². The highest BCUT2D eigenvalue weighted by atomic mass is 35.5. The van der Waals surface area contributed by atoms with Crippen LogP contribution in [0.4, 0.5) is 4.79 Å². The van der Waals surface area contributed by atoms with E-state index in [1.54, 1.807) is 18.2 Å². The van der Waals surface area contributed by atoms with Crippen LogP contribution >= 0.6 is 11.6 Å². The summed E-state index contributed by atoms with van der Waals surface area (Å²) in [4.78, 5) is 25.4. The maximum absolute atomic E-state index is 12.4. The van der Waals surface area contributed by atoms with Crippen LogP contribution in [0.3, 0.4) is 0 Å². The van der Waals surface area contributed by atoms with Crippen molar-refractivity contribution in [2.24, 2.45) is 0 Å². The van der Waals surface area contributed by atoms with Gasteiger partial charge in [0.05, 0.1) is 11.6 Å². The molecule has 0 aliphatic carbocycles. The van der Waals surface area contributed by atoms with Crippen LogP contribution < -0.4 is 14.8 Å². The molecule has 1 heterocycles. The first-order valence-electron chi connectivity index (χ1n) is 9.53. The van der Waals surface area contributed by atoms with E-state index in [-0.39, 0.29) is 12.2 Å². The molecule has 3 rings (SSSR count). The van der Waals surface area contributed by atoms with Crippen LogP contribution in [0.25, 0.3) is 6.08 Å². The lowest BCUT2D eigenvalue weighted by molar-refractivity contribution is -0.122. The molecule has 30 heavy (non-hydrogen) atoms. The average Bonchev–Trinajstić information content (AvgIpc) is 2.95.